The molecule has 0 radical (unpaired) electrons. The van der Waals surface area contributed by atoms with Crippen molar-refractivity contribution in [3.63, 3.8) is 0 Å². The Morgan fingerprint density at radius 1 is 0.548 bits per heavy atom. The first kappa shape index (κ1) is 18.0. The number of para-hydroxylation sites is 3. The molecule has 1 aliphatic rings. The van der Waals surface area contributed by atoms with Crippen LogP contribution >= 0.6 is 0 Å². The molecule has 4 nitrogen and oxygen atoms in total. The molecule has 2 aromatic heterocycles. The van der Waals surface area contributed by atoms with Crippen molar-refractivity contribution in [3.05, 3.63) is 97.1 Å². The van der Waals surface area contributed by atoms with Crippen molar-refractivity contribution in [2.24, 2.45) is 0 Å². The highest BCUT2D eigenvalue weighted by Crippen LogP contribution is 2.32. The third-order valence-electron chi connectivity index (χ3n) is 6.23. The third kappa shape index (κ3) is 3.12. The molecule has 3 aromatic carbocycles. The van der Waals surface area contributed by atoms with E-state index in [0.717, 1.165) is 54.0 Å². The fraction of sp³-hybridized carbons (Fsp3) is 0.148. The van der Waals surface area contributed by atoms with Gasteiger partial charge in [-0.25, -0.2) is 4.98 Å². The van der Waals surface area contributed by atoms with Crippen molar-refractivity contribution in [1.29, 1.82) is 0 Å². The van der Waals surface area contributed by atoms with Crippen LogP contribution in [0.2, 0.25) is 0 Å². The van der Waals surface area contributed by atoms with Gasteiger partial charge in [-0.15, -0.1) is 0 Å². The minimum atomic E-state index is 0.998. The number of aromatic nitrogens is 2. The molecule has 0 aliphatic carbocycles. The van der Waals surface area contributed by atoms with Gasteiger partial charge < -0.3 is 9.80 Å². The van der Waals surface area contributed by atoms with Gasteiger partial charge in [-0.3, -0.25) is 4.40 Å². The molecule has 0 spiro atoms. The Morgan fingerprint density at radius 2 is 1.19 bits per heavy atom. The normalized spacial score (nSPS) is 14.5. The largest absolute Gasteiger partial charge is 0.368 e. The number of anilines is 2. The lowest BCUT2D eigenvalue weighted by molar-refractivity contribution is 0.647. The lowest BCUT2D eigenvalue weighted by Crippen LogP contribution is -2.46. The van der Waals surface area contributed by atoms with E-state index >= 15 is 0 Å². The second-order valence-electron chi connectivity index (χ2n) is 8.04. The van der Waals surface area contributed by atoms with E-state index in [1.54, 1.807) is 0 Å². The van der Waals surface area contributed by atoms with Gasteiger partial charge in [0.25, 0.3) is 0 Å². The molecule has 0 bridgehead atoms. The molecule has 0 N–H and O–H groups in total. The molecule has 152 valence electrons. The molecule has 3 heterocycles. The maximum Gasteiger partial charge on any atom is 0.113 e. The zero-order valence-electron chi connectivity index (χ0n) is 17.4. The van der Waals surface area contributed by atoms with Crippen LogP contribution in [0.15, 0.2) is 97.1 Å². The van der Waals surface area contributed by atoms with Gasteiger partial charge in [-0.1, -0.05) is 60.7 Å². The Kier molecular flexibility index (Phi) is 4.34. The van der Waals surface area contributed by atoms with Crippen LogP contribution in [0.4, 0.5) is 11.5 Å². The SMILES string of the molecule is c1ccc(-c2nc3ccccc3n3c(N4CCN(c5ccccc5)CC4)ccc23)cc1. The van der Waals surface area contributed by atoms with E-state index in [0.29, 0.717) is 0 Å². The zero-order chi connectivity index (χ0) is 20.6. The summed E-state index contributed by atoms with van der Waals surface area (Å²) < 4.78 is 2.39. The average Bonchev–Trinajstić information content (AvgIpc) is 3.30. The Labute approximate surface area is 182 Å². The van der Waals surface area contributed by atoms with Gasteiger partial charge in [-0.2, -0.15) is 0 Å². The summed E-state index contributed by atoms with van der Waals surface area (Å²) in [5, 5.41) is 0. The van der Waals surface area contributed by atoms with Crippen LogP contribution in [0.25, 0.3) is 27.8 Å². The first-order valence-corrected chi connectivity index (χ1v) is 10.9. The van der Waals surface area contributed by atoms with Crippen LogP contribution in [-0.2, 0) is 0 Å². The van der Waals surface area contributed by atoms with Crippen molar-refractivity contribution < 1.29 is 0 Å². The summed E-state index contributed by atoms with van der Waals surface area (Å²) in [6, 6.07) is 34.1. The minimum absolute atomic E-state index is 0.998. The zero-order valence-corrected chi connectivity index (χ0v) is 17.4. The van der Waals surface area contributed by atoms with Gasteiger partial charge >= 0.3 is 0 Å². The fourth-order valence-electron chi connectivity index (χ4n) is 4.68. The molecule has 6 rings (SSSR count). The Hall–Kier alpha value is -3.79. The highest BCUT2D eigenvalue weighted by Gasteiger charge is 2.21. The average molecular weight is 405 g/mol. The monoisotopic (exact) mass is 404 g/mol. The standard InChI is InChI=1S/C27H24N4/c1-3-9-21(10-4-1)27-25-15-16-26(31(25)24-14-8-7-13-23(24)28-27)30-19-17-29(18-20-30)22-11-5-2-6-12-22/h1-16H,17-20H2. The van der Waals surface area contributed by atoms with Crippen molar-refractivity contribution in [1.82, 2.24) is 9.38 Å². The Morgan fingerprint density at radius 3 is 1.97 bits per heavy atom. The highest BCUT2D eigenvalue weighted by molar-refractivity contribution is 5.90. The van der Waals surface area contributed by atoms with E-state index in [1.165, 1.54) is 11.5 Å². The van der Waals surface area contributed by atoms with Crippen LogP contribution in [0.1, 0.15) is 0 Å². The van der Waals surface area contributed by atoms with Crippen LogP contribution in [-0.4, -0.2) is 35.6 Å². The predicted molar refractivity (Wildman–Crippen MR) is 129 cm³/mol. The fourth-order valence-corrected chi connectivity index (χ4v) is 4.68. The van der Waals surface area contributed by atoms with Crippen molar-refractivity contribution in [2.75, 3.05) is 36.0 Å². The number of piperazine rings is 1. The lowest BCUT2D eigenvalue weighted by atomic mass is 10.1. The number of hydrogen-bond acceptors (Lipinski definition) is 3. The van der Waals surface area contributed by atoms with Gasteiger partial charge in [-0.05, 0) is 36.4 Å². The lowest BCUT2D eigenvalue weighted by Gasteiger charge is -2.37. The number of benzene rings is 3. The van der Waals surface area contributed by atoms with Gasteiger partial charge in [0.15, 0.2) is 0 Å². The molecule has 0 saturated carbocycles. The van der Waals surface area contributed by atoms with Gasteiger partial charge in [0.05, 0.1) is 22.2 Å². The molecular formula is C27H24N4. The maximum absolute atomic E-state index is 5.04. The van der Waals surface area contributed by atoms with E-state index in [-0.39, 0.29) is 0 Å². The topological polar surface area (TPSA) is 23.8 Å². The number of fused-ring (bicyclic) bond motifs is 3. The second-order valence-corrected chi connectivity index (χ2v) is 8.04. The summed E-state index contributed by atoms with van der Waals surface area (Å²) in [5.74, 6) is 1.25. The van der Waals surface area contributed by atoms with E-state index in [1.807, 2.05) is 0 Å². The van der Waals surface area contributed by atoms with E-state index < -0.39 is 0 Å². The molecule has 0 unspecified atom stereocenters. The van der Waals surface area contributed by atoms with Gasteiger partial charge in [0, 0.05) is 37.4 Å². The number of hydrogen-bond donors (Lipinski definition) is 0. The van der Waals surface area contributed by atoms with Crippen molar-refractivity contribution in [2.45, 2.75) is 0 Å². The number of rotatable bonds is 3. The smallest absolute Gasteiger partial charge is 0.113 e. The van der Waals surface area contributed by atoms with E-state index in [2.05, 4.69) is 111 Å². The number of nitrogens with zero attached hydrogens (tertiary/aromatic N) is 4. The second kappa shape index (κ2) is 7.47. The van der Waals surface area contributed by atoms with Crippen LogP contribution in [0.3, 0.4) is 0 Å². The summed E-state index contributed by atoms with van der Waals surface area (Å²) in [4.78, 5) is 10.0. The minimum Gasteiger partial charge on any atom is -0.368 e. The molecular weight excluding hydrogens is 380 g/mol. The molecule has 1 aliphatic heterocycles. The summed E-state index contributed by atoms with van der Waals surface area (Å²) in [7, 11) is 0. The summed E-state index contributed by atoms with van der Waals surface area (Å²) in [6.45, 7) is 4.04. The Balaban J connectivity index is 1.43. The molecule has 4 heteroatoms. The summed E-state index contributed by atoms with van der Waals surface area (Å²) in [6.07, 6.45) is 0. The maximum atomic E-state index is 5.04. The van der Waals surface area contributed by atoms with Gasteiger partial charge in [0.2, 0.25) is 0 Å². The summed E-state index contributed by atoms with van der Waals surface area (Å²) in [5.41, 5.74) is 6.83. The van der Waals surface area contributed by atoms with Crippen LogP contribution in [0, 0.1) is 0 Å². The first-order chi connectivity index (χ1) is 15.4. The molecule has 31 heavy (non-hydrogen) atoms. The molecule has 1 saturated heterocycles. The quantitative estimate of drug-likeness (QED) is 0.398. The predicted octanol–water partition coefficient (Wildman–Crippen LogP) is 5.48. The van der Waals surface area contributed by atoms with Crippen LogP contribution in [0.5, 0.6) is 0 Å². The van der Waals surface area contributed by atoms with E-state index in [9.17, 15) is 0 Å². The van der Waals surface area contributed by atoms with E-state index in [4.69, 9.17) is 4.98 Å². The Bertz CT molecular complexity index is 1330. The van der Waals surface area contributed by atoms with Crippen LogP contribution < -0.4 is 9.80 Å². The molecule has 0 amide bonds. The van der Waals surface area contributed by atoms with Crippen molar-refractivity contribution in [3.8, 4) is 11.3 Å². The molecule has 5 aromatic rings. The first-order valence-electron chi connectivity index (χ1n) is 10.9. The van der Waals surface area contributed by atoms with Crippen molar-refractivity contribution >= 4 is 28.1 Å². The van der Waals surface area contributed by atoms with Gasteiger partial charge in [0.1, 0.15) is 5.82 Å². The summed E-state index contributed by atoms with van der Waals surface area (Å²) >= 11 is 0. The molecule has 0 atom stereocenters. The molecule has 1 fully saturated rings. The third-order valence-corrected chi connectivity index (χ3v) is 6.23. The highest BCUT2D eigenvalue weighted by atomic mass is 15.3.